The Kier molecular flexibility index (Phi) is 6.97. The van der Waals surface area contributed by atoms with Crippen LogP contribution in [0.4, 0.5) is 5.13 Å². The fourth-order valence-corrected chi connectivity index (χ4v) is 5.02. The van der Waals surface area contributed by atoms with Gasteiger partial charge in [0, 0.05) is 24.9 Å². The van der Waals surface area contributed by atoms with Crippen LogP contribution in [0.2, 0.25) is 0 Å². The zero-order valence-electron chi connectivity index (χ0n) is 19.1. The normalized spacial score (nSPS) is 11.6. The number of thiazole rings is 1. The summed E-state index contributed by atoms with van der Waals surface area (Å²) in [6.45, 7) is 1.08. The predicted octanol–water partition coefficient (Wildman–Crippen LogP) is 4.70. The van der Waals surface area contributed by atoms with Crippen molar-refractivity contribution >= 4 is 42.4 Å². The molecule has 0 atom stereocenters. The molecule has 4 aromatic rings. The number of anilines is 1. The van der Waals surface area contributed by atoms with E-state index in [1.807, 2.05) is 49.3 Å². The number of carbonyl (C=O) groups excluding carboxylic acids is 1. The molecular weight excluding hydrogens is 470 g/mol. The topological polar surface area (TPSA) is 79.8 Å². The van der Waals surface area contributed by atoms with Crippen LogP contribution in [-0.4, -0.2) is 57.6 Å². The average molecular weight is 496 g/mol. The molecule has 9 heteroatoms. The summed E-state index contributed by atoms with van der Waals surface area (Å²) in [5.74, 6) is 1.17. The Morgan fingerprint density at radius 2 is 1.62 bits per heavy atom. The second kappa shape index (κ2) is 9.92. The van der Waals surface area contributed by atoms with E-state index in [2.05, 4.69) is 4.98 Å². The summed E-state index contributed by atoms with van der Waals surface area (Å²) in [5, 5.41) is 0.525. The van der Waals surface area contributed by atoms with Gasteiger partial charge < -0.3 is 9.64 Å². The van der Waals surface area contributed by atoms with E-state index >= 15 is 0 Å². The summed E-state index contributed by atoms with van der Waals surface area (Å²) >= 11 is 1.30. The molecule has 34 heavy (non-hydrogen) atoms. The smallest absolute Gasteiger partial charge is 0.260 e. The minimum absolute atomic E-state index is 0.185. The van der Waals surface area contributed by atoms with E-state index in [0.29, 0.717) is 39.8 Å². The number of para-hydroxylation sites is 1. The Morgan fingerprint density at radius 1 is 0.941 bits per heavy atom. The molecule has 0 N–H and O–H groups in total. The first-order chi connectivity index (χ1) is 16.2. The van der Waals surface area contributed by atoms with Gasteiger partial charge in [-0.05, 0) is 68.7 Å². The van der Waals surface area contributed by atoms with E-state index in [1.165, 1.54) is 17.6 Å². The molecule has 0 bridgehead atoms. The Labute approximate surface area is 203 Å². The van der Waals surface area contributed by atoms with Crippen molar-refractivity contribution in [2.24, 2.45) is 0 Å². The lowest BCUT2D eigenvalue weighted by Gasteiger charge is -2.22. The van der Waals surface area contributed by atoms with Crippen molar-refractivity contribution in [3.05, 3.63) is 78.4 Å². The molecule has 0 fully saturated rings. The molecule has 0 aliphatic rings. The second-order valence-corrected chi connectivity index (χ2v) is 11.1. The molecule has 0 aliphatic heterocycles. The molecule has 3 aromatic carbocycles. The van der Waals surface area contributed by atoms with Crippen molar-refractivity contribution in [3.8, 4) is 11.5 Å². The quantitative estimate of drug-likeness (QED) is 0.353. The van der Waals surface area contributed by atoms with Crippen LogP contribution >= 0.6 is 11.3 Å². The van der Waals surface area contributed by atoms with Crippen LogP contribution < -0.4 is 9.64 Å². The van der Waals surface area contributed by atoms with Gasteiger partial charge in [0.25, 0.3) is 5.91 Å². The number of sulfone groups is 1. The third kappa shape index (κ3) is 5.61. The van der Waals surface area contributed by atoms with Crippen LogP contribution in [0, 0.1) is 0 Å². The fraction of sp³-hybridized carbons (Fsp3) is 0.200. The molecule has 1 heterocycles. The molecule has 0 unspecified atom stereocenters. The van der Waals surface area contributed by atoms with Gasteiger partial charge in [0.15, 0.2) is 15.0 Å². The molecule has 0 aliphatic carbocycles. The average Bonchev–Trinajstić information content (AvgIpc) is 3.22. The van der Waals surface area contributed by atoms with Crippen molar-refractivity contribution in [3.63, 3.8) is 0 Å². The number of likely N-dealkylation sites (N-methyl/N-ethyl adjacent to an activating group) is 1. The Hall–Kier alpha value is -3.27. The standard InChI is InChI=1S/C25H25N3O4S2/c1-27(2)15-16-28(25-26-22-14-13-21(34(3,30)31)17-23(22)33-25)24(29)18-9-11-20(12-10-18)32-19-7-5-4-6-8-19/h4-14,17H,15-16H2,1-3H3. The number of aromatic nitrogens is 1. The molecule has 0 spiro atoms. The van der Waals surface area contributed by atoms with Crippen molar-refractivity contribution in [1.29, 1.82) is 0 Å². The summed E-state index contributed by atoms with van der Waals surface area (Å²) in [6.07, 6.45) is 1.17. The van der Waals surface area contributed by atoms with Crippen LogP contribution in [0.1, 0.15) is 10.4 Å². The van der Waals surface area contributed by atoms with E-state index in [4.69, 9.17) is 4.74 Å². The number of fused-ring (bicyclic) bond motifs is 1. The number of carbonyl (C=O) groups is 1. The zero-order chi connectivity index (χ0) is 24.3. The maximum absolute atomic E-state index is 13.5. The van der Waals surface area contributed by atoms with Crippen LogP contribution in [0.15, 0.2) is 77.7 Å². The van der Waals surface area contributed by atoms with Gasteiger partial charge in [-0.2, -0.15) is 0 Å². The Balaban J connectivity index is 1.62. The molecular formula is C25H25N3O4S2. The highest BCUT2D eigenvalue weighted by molar-refractivity contribution is 7.90. The van der Waals surface area contributed by atoms with Gasteiger partial charge in [0.05, 0.1) is 15.1 Å². The van der Waals surface area contributed by atoms with E-state index in [0.717, 1.165) is 5.75 Å². The van der Waals surface area contributed by atoms with Gasteiger partial charge >= 0.3 is 0 Å². The van der Waals surface area contributed by atoms with Gasteiger partial charge in [-0.15, -0.1) is 0 Å². The minimum Gasteiger partial charge on any atom is -0.457 e. The monoisotopic (exact) mass is 495 g/mol. The van der Waals surface area contributed by atoms with E-state index in [1.54, 1.807) is 47.4 Å². The molecule has 1 aromatic heterocycles. The zero-order valence-corrected chi connectivity index (χ0v) is 20.8. The van der Waals surface area contributed by atoms with Gasteiger partial charge in [-0.3, -0.25) is 9.69 Å². The van der Waals surface area contributed by atoms with Crippen LogP contribution in [0.3, 0.4) is 0 Å². The van der Waals surface area contributed by atoms with Crippen molar-refractivity contribution in [2.45, 2.75) is 4.90 Å². The summed E-state index contributed by atoms with van der Waals surface area (Å²) < 4.78 is 30.4. The lowest BCUT2D eigenvalue weighted by molar-refractivity contribution is 0.0985. The number of amides is 1. The van der Waals surface area contributed by atoms with Gasteiger partial charge in [-0.1, -0.05) is 29.5 Å². The highest BCUT2D eigenvalue weighted by atomic mass is 32.2. The largest absolute Gasteiger partial charge is 0.457 e. The van der Waals surface area contributed by atoms with Gasteiger partial charge in [0.2, 0.25) is 0 Å². The lowest BCUT2D eigenvalue weighted by Crippen LogP contribution is -2.36. The molecule has 0 radical (unpaired) electrons. The number of benzene rings is 3. The van der Waals surface area contributed by atoms with Gasteiger partial charge in [0.1, 0.15) is 11.5 Å². The lowest BCUT2D eigenvalue weighted by atomic mass is 10.2. The predicted molar refractivity (Wildman–Crippen MR) is 136 cm³/mol. The van der Waals surface area contributed by atoms with E-state index < -0.39 is 9.84 Å². The molecule has 4 rings (SSSR count). The van der Waals surface area contributed by atoms with Crippen LogP contribution in [-0.2, 0) is 9.84 Å². The second-order valence-electron chi connectivity index (χ2n) is 8.10. The maximum Gasteiger partial charge on any atom is 0.260 e. The SMILES string of the molecule is CN(C)CCN(C(=O)c1ccc(Oc2ccccc2)cc1)c1nc2ccc(S(C)(=O)=O)cc2s1. The Bertz CT molecular complexity index is 1400. The molecule has 7 nitrogen and oxygen atoms in total. The highest BCUT2D eigenvalue weighted by Gasteiger charge is 2.22. The summed E-state index contributed by atoms with van der Waals surface area (Å²) in [6, 6.07) is 21.3. The maximum atomic E-state index is 13.5. The first kappa shape index (κ1) is 23.9. The number of rotatable bonds is 8. The summed E-state index contributed by atoms with van der Waals surface area (Å²) in [7, 11) is 0.546. The van der Waals surface area contributed by atoms with Crippen LogP contribution in [0.5, 0.6) is 11.5 Å². The first-order valence-electron chi connectivity index (χ1n) is 10.6. The number of hydrogen-bond acceptors (Lipinski definition) is 7. The van der Waals surface area contributed by atoms with Crippen LogP contribution in [0.25, 0.3) is 10.2 Å². The summed E-state index contributed by atoms with van der Waals surface area (Å²) in [5.41, 5.74) is 1.16. The minimum atomic E-state index is -3.33. The van der Waals surface area contributed by atoms with E-state index in [9.17, 15) is 13.2 Å². The molecule has 176 valence electrons. The number of nitrogens with zero attached hydrogens (tertiary/aromatic N) is 3. The summed E-state index contributed by atoms with van der Waals surface area (Å²) in [4.78, 5) is 21.9. The number of ether oxygens (including phenoxy) is 1. The van der Waals surface area contributed by atoms with Gasteiger partial charge in [-0.25, -0.2) is 13.4 Å². The molecule has 0 saturated heterocycles. The highest BCUT2D eigenvalue weighted by Crippen LogP contribution is 2.32. The van der Waals surface area contributed by atoms with Crippen molar-refractivity contribution in [2.75, 3.05) is 38.3 Å². The van der Waals surface area contributed by atoms with E-state index in [-0.39, 0.29) is 10.8 Å². The molecule has 1 amide bonds. The van der Waals surface area contributed by atoms with Crippen molar-refractivity contribution < 1.29 is 17.9 Å². The third-order valence-corrected chi connectivity index (χ3v) is 7.26. The fourth-order valence-electron chi connectivity index (χ4n) is 3.27. The first-order valence-corrected chi connectivity index (χ1v) is 13.3. The number of hydrogen-bond donors (Lipinski definition) is 0. The van der Waals surface area contributed by atoms with Crippen molar-refractivity contribution in [1.82, 2.24) is 9.88 Å². The molecule has 0 saturated carbocycles. The Morgan fingerprint density at radius 3 is 2.26 bits per heavy atom. The third-order valence-electron chi connectivity index (χ3n) is 5.10.